The van der Waals surface area contributed by atoms with Crippen LogP contribution in [0.1, 0.15) is 36.8 Å². The first kappa shape index (κ1) is 12.3. The number of hydrogen-bond donors (Lipinski definition) is 2. The van der Waals surface area contributed by atoms with Gasteiger partial charge >= 0.3 is 0 Å². The van der Waals surface area contributed by atoms with Gasteiger partial charge in [-0.3, -0.25) is 4.79 Å². The van der Waals surface area contributed by atoms with Gasteiger partial charge in [0.1, 0.15) is 5.75 Å². The van der Waals surface area contributed by atoms with E-state index in [4.69, 9.17) is 4.74 Å². The van der Waals surface area contributed by atoms with E-state index in [2.05, 4.69) is 22.8 Å². The van der Waals surface area contributed by atoms with Crippen molar-refractivity contribution in [3.8, 4) is 5.75 Å². The number of amides is 1. The first-order valence-corrected chi connectivity index (χ1v) is 7.08. The minimum Gasteiger partial charge on any atom is -0.493 e. The summed E-state index contributed by atoms with van der Waals surface area (Å²) in [4.78, 5) is 11.3. The third-order valence-corrected chi connectivity index (χ3v) is 4.01. The number of carbonyl (C=O) groups is 1. The van der Waals surface area contributed by atoms with E-state index >= 15 is 0 Å². The first-order chi connectivity index (χ1) is 9.29. The van der Waals surface area contributed by atoms with Crippen LogP contribution in [0.15, 0.2) is 12.1 Å². The predicted octanol–water partition coefficient (Wildman–Crippen LogP) is 2.05. The number of hydrogen-bond acceptors (Lipinski definition) is 3. The molecule has 0 radical (unpaired) electrons. The van der Waals surface area contributed by atoms with Crippen LogP contribution in [0.25, 0.3) is 0 Å². The summed E-state index contributed by atoms with van der Waals surface area (Å²) >= 11 is 0. The van der Waals surface area contributed by atoms with Crippen molar-refractivity contribution in [2.24, 2.45) is 0 Å². The van der Waals surface area contributed by atoms with Crippen LogP contribution in [0.5, 0.6) is 5.75 Å². The number of benzene rings is 1. The van der Waals surface area contributed by atoms with E-state index in [0.717, 1.165) is 38.3 Å². The number of nitrogens with one attached hydrogen (secondary N) is 2. The van der Waals surface area contributed by atoms with E-state index in [-0.39, 0.29) is 5.91 Å². The second kappa shape index (κ2) is 5.11. The van der Waals surface area contributed by atoms with Crippen LogP contribution in [-0.2, 0) is 11.2 Å². The molecule has 0 aliphatic carbocycles. The largest absolute Gasteiger partial charge is 0.493 e. The monoisotopic (exact) mass is 260 g/mol. The maximum atomic E-state index is 11.3. The first-order valence-electron chi connectivity index (χ1n) is 7.08. The molecule has 2 aliphatic rings. The second-order valence-corrected chi connectivity index (χ2v) is 5.17. The number of anilines is 1. The molecular formula is C15H20N2O2. The van der Waals surface area contributed by atoms with Gasteiger partial charge in [-0.2, -0.15) is 0 Å². The summed E-state index contributed by atoms with van der Waals surface area (Å²) in [5.41, 5.74) is 4.03. The van der Waals surface area contributed by atoms with E-state index in [0.29, 0.717) is 12.3 Å². The van der Waals surface area contributed by atoms with Crippen LogP contribution in [0, 0.1) is 0 Å². The van der Waals surface area contributed by atoms with E-state index in [1.54, 1.807) is 0 Å². The third kappa shape index (κ3) is 2.27. The van der Waals surface area contributed by atoms with Gasteiger partial charge in [-0.15, -0.1) is 0 Å². The van der Waals surface area contributed by atoms with Gasteiger partial charge in [0, 0.05) is 43.1 Å². The fraction of sp³-hybridized carbons (Fsp3) is 0.533. The van der Waals surface area contributed by atoms with E-state index < -0.39 is 0 Å². The van der Waals surface area contributed by atoms with Gasteiger partial charge in [-0.05, 0) is 24.1 Å². The minimum absolute atomic E-state index is 0.132. The molecule has 0 aromatic heterocycles. The third-order valence-electron chi connectivity index (χ3n) is 4.01. The Morgan fingerprint density at radius 3 is 3.26 bits per heavy atom. The van der Waals surface area contributed by atoms with Gasteiger partial charge in [-0.1, -0.05) is 6.92 Å². The summed E-state index contributed by atoms with van der Waals surface area (Å²) < 4.78 is 5.63. The summed E-state index contributed by atoms with van der Waals surface area (Å²) in [6.45, 7) is 4.40. The van der Waals surface area contributed by atoms with Gasteiger partial charge in [0.15, 0.2) is 0 Å². The lowest BCUT2D eigenvalue weighted by molar-refractivity contribution is -0.120. The van der Waals surface area contributed by atoms with Gasteiger partial charge in [0.25, 0.3) is 0 Å². The molecule has 0 spiro atoms. The fourth-order valence-corrected chi connectivity index (χ4v) is 3.01. The molecule has 4 heteroatoms. The number of carbonyl (C=O) groups excluding carboxylic acids is 1. The Bertz CT molecular complexity index is 499. The van der Waals surface area contributed by atoms with Crippen molar-refractivity contribution in [3.63, 3.8) is 0 Å². The minimum atomic E-state index is 0.132. The van der Waals surface area contributed by atoms with Crippen LogP contribution in [-0.4, -0.2) is 25.6 Å². The molecule has 19 heavy (non-hydrogen) atoms. The lowest BCUT2D eigenvalue weighted by atomic mass is 9.92. The molecule has 0 unspecified atom stereocenters. The molecule has 0 saturated carbocycles. The molecule has 2 N–H and O–H groups in total. The van der Waals surface area contributed by atoms with Gasteiger partial charge < -0.3 is 15.4 Å². The van der Waals surface area contributed by atoms with Crippen LogP contribution in [0.3, 0.4) is 0 Å². The predicted molar refractivity (Wildman–Crippen MR) is 74.8 cm³/mol. The number of rotatable bonds is 4. The molecule has 1 aromatic carbocycles. The van der Waals surface area contributed by atoms with Crippen molar-refractivity contribution >= 4 is 11.6 Å². The highest BCUT2D eigenvalue weighted by molar-refractivity contribution is 5.75. The zero-order valence-electron chi connectivity index (χ0n) is 11.3. The summed E-state index contributed by atoms with van der Waals surface area (Å²) in [7, 11) is 0. The molecular weight excluding hydrogens is 240 g/mol. The molecule has 2 aliphatic heterocycles. The summed E-state index contributed by atoms with van der Waals surface area (Å²) in [6, 6.07) is 4.18. The molecule has 0 fully saturated rings. The van der Waals surface area contributed by atoms with Gasteiger partial charge in [0.2, 0.25) is 5.91 Å². The summed E-state index contributed by atoms with van der Waals surface area (Å²) in [5, 5.41) is 6.42. The Labute approximate surface area is 113 Å². The molecule has 0 saturated heterocycles. The Hall–Kier alpha value is -1.71. The molecule has 3 rings (SSSR count). The quantitative estimate of drug-likeness (QED) is 0.871. The highest BCUT2D eigenvalue weighted by atomic mass is 16.5. The van der Waals surface area contributed by atoms with Gasteiger partial charge in [0.05, 0.1) is 6.61 Å². The highest BCUT2D eigenvalue weighted by Crippen LogP contribution is 2.42. The van der Waals surface area contributed by atoms with Crippen molar-refractivity contribution in [2.45, 2.75) is 32.1 Å². The molecule has 1 amide bonds. The Morgan fingerprint density at radius 2 is 2.42 bits per heavy atom. The second-order valence-electron chi connectivity index (χ2n) is 5.17. The summed E-state index contributed by atoms with van der Waals surface area (Å²) in [6.07, 6.45) is 2.56. The molecule has 2 heterocycles. The van der Waals surface area contributed by atoms with Crippen molar-refractivity contribution in [1.29, 1.82) is 0 Å². The fourth-order valence-electron chi connectivity index (χ4n) is 3.01. The van der Waals surface area contributed by atoms with Crippen LogP contribution < -0.4 is 15.4 Å². The van der Waals surface area contributed by atoms with Crippen molar-refractivity contribution in [3.05, 3.63) is 23.3 Å². The van der Waals surface area contributed by atoms with Crippen LogP contribution >= 0.6 is 0 Å². The zero-order chi connectivity index (χ0) is 13.2. The smallest absolute Gasteiger partial charge is 0.219 e. The Morgan fingerprint density at radius 1 is 1.53 bits per heavy atom. The van der Waals surface area contributed by atoms with E-state index in [9.17, 15) is 4.79 Å². The molecule has 4 nitrogen and oxygen atoms in total. The zero-order valence-corrected chi connectivity index (χ0v) is 11.3. The Balaban J connectivity index is 1.71. The number of fused-ring (bicyclic) bond motifs is 3. The molecule has 1 atom stereocenters. The molecule has 1 aromatic rings. The topological polar surface area (TPSA) is 50.4 Å². The van der Waals surface area contributed by atoms with Crippen molar-refractivity contribution in [2.75, 3.05) is 25.0 Å². The standard InChI is InChI=1S/C15H20N2O2/c1-2-14(18)16-7-5-10-9-17-12-3-4-13-11(15(10)12)6-8-19-13/h3-4,10,17H,2,5-9H2,1H3,(H,16,18)/t10-/m1/s1. The molecule has 102 valence electrons. The Kier molecular flexibility index (Phi) is 3.32. The maximum Gasteiger partial charge on any atom is 0.219 e. The lowest BCUT2D eigenvalue weighted by Crippen LogP contribution is -2.25. The van der Waals surface area contributed by atoms with Crippen molar-refractivity contribution in [1.82, 2.24) is 5.32 Å². The molecule has 0 bridgehead atoms. The lowest BCUT2D eigenvalue weighted by Gasteiger charge is -2.13. The van der Waals surface area contributed by atoms with Gasteiger partial charge in [-0.25, -0.2) is 0 Å². The van der Waals surface area contributed by atoms with E-state index in [1.807, 2.05) is 6.92 Å². The van der Waals surface area contributed by atoms with E-state index in [1.165, 1.54) is 16.8 Å². The average Bonchev–Trinajstić information content (AvgIpc) is 3.03. The summed E-state index contributed by atoms with van der Waals surface area (Å²) in [5.74, 6) is 1.67. The van der Waals surface area contributed by atoms with Crippen molar-refractivity contribution < 1.29 is 9.53 Å². The van der Waals surface area contributed by atoms with Crippen LogP contribution in [0.4, 0.5) is 5.69 Å². The highest BCUT2D eigenvalue weighted by Gasteiger charge is 2.29. The number of ether oxygens (including phenoxy) is 1. The van der Waals surface area contributed by atoms with Crippen LogP contribution in [0.2, 0.25) is 0 Å². The normalized spacial score (nSPS) is 19.3. The average molecular weight is 260 g/mol. The maximum absolute atomic E-state index is 11.3. The SMILES string of the molecule is CCC(=O)NCC[C@@H]1CNc2ccc3c(c21)CCO3.